The Balaban J connectivity index is 0.000000656. The zero-order chi connectivity index (χ0) is 22.4. The van der Waals surface area contributed by atoms with Crippen LogP contribution in [0.15, 0.2) is 54.6 Å². The van der Waals surface area contributed by atoms with Crippen LogP contribution in [-0.4, -0.2) is 40.8 Å². The van der Waals surface area contributed by atoms with E-state index in [0.29, 0.717) is 6.61 Å². The number of carboxylic acid groups (broad SMARTS) is 2. The molecule has 0 saturated heterocycles. The van der Waals surface area contributed by atoms with Gasteiger partial charge in [0.05, 0.1) is 6.61 Å². The van der Waals surface area contributed by atoms with E-state index in [1.807, 2.05) is 42.5 Å². The second-order valence-electron chi connectivity index (χ2n) is 7.59. The third kappa shape index (κ3) is 12.4. The number of rotatable bonds is 9. The average Bonchev–Trinajstić information content (AvgIpc) is 2.70. The van der Waals surface area contributed by atoms with Gasteiger partial charge in [-0.2, -0.15) is 0 Å². The number of carboxylic acids is 2. The predicted molar refractivity (Wildman–Crippen MR) is 115 cm³/mol. The van der Waals surface area contributed by atoms with Crippen LogP contribution in [0, 0.1) is 0 Å². The van der Waals surface area contributed by atoms with Gasteiger partial charge in [-0.3, -0.25) is 0 Å². The molecule has 2 aromatic carbocycles. The Hall–Kier alpha value is -3.06. The fourth-order valence-electron chi connectivity index (χ4n) is 2.25. The van der Waals surface area contributed by atoms with Crippen molar-refractivity contribution >= 4 is 11.9 Å². The van der Waals surface area contributed by atoms with Gasteiger partial charge in [-0.1, -0.05) is 30.3 Å². The monoisotopic (exact) mass is 417 g/mol. The summed E-state index contributed by atoms with van der Waals surface area (Å²) in [7, 11) is 0. The molecule has 0 fully saturated rings. The average molecular weight is 418 g/mol. The summed E-state index contributed by atoms with van der Waals surface area (Å²) >= 11 is 0. The molecule has 0 aliphatic heterocycles. The Labute approximate surface area is 177 Å². The summed E-state index contributed by atoms with van der Waals surface area (Å²) < 4.78 is 11.5. The smallest absolute Gasteiger partial charge is 0.414 e. The number of carbonyl (C=O) groups is 2. The zero-order valence-electron chi connectivity index (χ0n) is 17.8. The molecule has 2 aromatic rings. The molecule has 30 heavy (non-hydrogen) atoms. The highest BCUT2D eigenvalue weighted by atomic mass is 16.5. The molecule has 7 heteroatoms. The van der Waals surface area contributed by atoms with Crippen molar-refractivity contribution < 1.29 is 29.3 Å². The van der Waals surface area contributed by atoms with E-state index in [1.165, 1.54) is 5.56 Å². The van der Waals surface area contributed by atoms with Crippen LogP contribution < -0.4 is 14.8 Å². The minimum Gasteiger partial charge on any atom is -0.494 e. The van der Waals surface area contributed by atoms with E-state index in [-0.39, 0.29) is 5.54 Å². The van der Waals surface area contributed by atoms with Crippen LogP contribution in [0.2, 0.25) is 0 Å². The maximum absolute atomic E-state index is 9.10. The molecule has 0 aliphatic rings. The van der Waals surface area contributed by atoms with Crippen molar-refractivity contribution in [1.82, 2.24) is 5.32 Å². The van der Waals surface area contributed by atoms with Gasteiger partial charge >= 0.3 is 11.9 Å². The number of aliphatic carboxylic acids is 2. The lowest BCUT2D eigenvalue weighted by Gasteiger charge is -2.20. The van der Waals surface area contributed by atoms with E-state index < -0.39 is 11.9 Å². The molecule has 0 atom stereocenters. The fourth-order valence-corrected chi connectivity index (χ4v) is 2.25. The summed E-state index contributed by atoms with van der Waals surface area (Å²) in [5, 5.41) is 18.3. The highest BCUT2D eigenvalue weighted by molar-refractivity contribution is 6.27. The van der Waals surface area contributed by atoms with Gasteiger partial charge in [-0.25, -0.2) is 9.59 Å². The molecular weight excluding hydrogens is 386 g/mol. The molecule has 0 heterocycles. The first-order chi connectivity index (χ1) is 14.2. The highest BCUT2D eigenvalue weighted by Gasteiger charge is 2.07. The largest absolute Gasteiger partial charge is 0.494 e. The highest BCUT2D eigenvalue weighted by Crippen LogP contribution is 2.19. The van der Waals surface area contributed by atoms with Crippen molar-refractivity contribution in [2.75, 3.05) is 13.2 Å². The van der Waals surface area contributed by atoms with Crippen molar-refractivity contribution in [1.29, 1.82) is 0 Å². The molecule has 164 valence electrons. The molecule has 0 amide bonds. The van der Waals surface area contributed by atoms with E-state index in [9.17, 15) is 0 Å². The molecule has 7 nitrogen and oxygen atoms in total. The number of nitrogens with one attached hydrogen (secondary N) is 1. The molecule has 2 rings (SSSR count). The summed E-state index contributed by atoms with van der Waals surface area (Å²) in [4.78, 5) is 18.2. The van der Waals surface area contributed by atoms with Crippen molar-refractivity contribution in [3.8, 4) is 11.5 Å². The summed E-state index contributed by atoms with van der Waals surface area (Å²) in [5.41, 5.74) is 1.36. The summed E-state index contributed by atoms with van der Waals surface area (Å²) in [6, 6.07) is 18.0. The van der Waals surface area contributed by atoms with Crippen molar-refractivity contribution in [2.45, 2.75) is 45.8 Å². The number of unbranched alkanes of at least 4 members (excludes halogenated alkanes) is 1. The first kappa shape index (κ1) is 25.0. The standard InChI is InChI=1S/C21H29NO2.C2H2O4/c1-21(2,3)22-15-7-8-16-23-19-11-13-20(14-12-19)24-17-18-9-5-4-6-10-18;3-1(4)2(5)6/h4-6,9-14,22H,7-8,15-17H2,1-3H3;(H,3,4)(H,5,6). The maximum Gasteiger partial charge on any atom is 0.414 e. The molecule has 0 unspecified atom stereocenters. The molecule has 0 saturated carbocycles. The Morgan fingerprint density at radius 1 is 0.833 bits per heavy atom. The van der Waals surface area contributed by atoms with Gasteiger partial charge in [-0.15, -0.1) is 0 Å². The second-order valence-corrected chi connectivity index (χ2v) is 7.59. The lowest BCUT2D eigenvalue weighted by atomic mass is 10.1. The first-order valence-corrected chi connectivity index (χ1v) is 9.78. The first-order valence-electron chi connectivity index (χ1n) is 9.78. The van der Waals surface area contributed by atoms with Gasteiger partial charge in [-0.05, 0) is 70.0 Å². The van der Waals surface area contributed by atoms with Gasteiger partial charge < -0.3 is 25.0 Å². The minimum absolute atomic E-state index is 0.191. The van der Waals surface area contributed by atoms with Crippen LogP contribution in [-0.2, 0) is 16.2 Å². The molecule has 0 bridgehead atoms. The maximum atomic E-state index is 9.10. The lowest BCUT2D eigenvalue weighted by molar-refractivity contribution is -0.159. The van der Waals surface area contributed by atoms with E-state index >= 15 is 0 Å². The third-order valence-electron chi connectivity index (χ3n) is 3.75. The van der Waals surface area contributed by atoms with Gasteiger partial charge in [0, 0.05) is 5.54 Å². The topological polar surface area (TPSA) is 105 Å². The number of hydrogen-bond acceptors (Lipinski definition) is 5. The van der Waals surface area contributed by atoms with Crippen LogP contribution in [0.3, 0.4) is 0 Å². The molecule has 0 aromatic heterocycles. The van der Waals surface area contributed by atoms with Crippen LogP contribution >= 0.6 is 0 Å². The van der Waals surface area contributed by atoms with Gasteiger partial charge in [0.25, 0.3) is 0 Å². The van der Waals surface area contributed by atoms with Gasteiger partial charge in [0.15, 0.2) is 0 Å². The lowest BCUT2D eigenvalue weighted by Crippen LogP contribution is -2.36. The van der Waals surface area contributed by atoms with E-state index in [0.717, 1.165) is 37.5 Å². The Morgan fingerprint density at radius 2 is 1.37 bits per heavy atom. The van der Waals surface area contributed by atoms with Crippen LogP contribution in [0.4, 0.5) is 0 Å². The van der Waals surface area contributed by atoms with Crippen LogP contribution in [0.5, 0.6) is 11.5 Å². The van der Waals surface area contributed by atoms with Crippen molar-refractivity contribution in [2.24, 2.45) is 0 Å². The molecule has 0 radical (unpaired) electrons. The minimum atomic E-state index is -1.82. The SMILES string of the molecule is CC(C)(C)NCCCCOc1ccc(OCc2ccccc2)cc1.O=C(O)C(=O)O. The predicted octanol–water partition coefficient (Wildman–Crippen LogP) is 3.97. The van der Waals surface area contributed by atoms with Crippen LogP contribution in [0.25, 0.3) is 0 Å². The number of ether oxygens (including phenoxy) is 2. The third-order valence-corrected chi connectivity index (χ3v) is 3.75. The van der Waals surface area contributed by atoms with Crippen molar-refractivity contribution in [3.05, 3.63) is 60.2 Å². The normalized spacial score (nSPS) is 10.5. The van der Waals surface area contributed by atoms with Crippen LogP contribution in [0.1, 0.15) is 39.2 Å². The summed E-state index contributed by atoms with van der Waals surface area (Å²) in [5.74, 6) is -1.89. The Bertz CT molecular complexity index is 742. The fraction of sp³-hybridized carbons (Fsp3) is 0.391. The zero-order valence-corrected chi connectivity index (χ0v) is 17.8. The second kappa shape index (κ2) is 13.2. The summed E-state index contributed by atoms with van der Waals surface area (Å²) in [6.45, 7) is 8.91. The molecular formula is C23H31NO6. The number of benzene rings is 2. The van der Waals surface area contributed by atoms with Gasteiger partial charge in [0.1, 0.15) is 18.1 Å². The van der Waals surface area contributed by atoms with Crippen molar-refractivity contribution in [3.63, 3.8) is 0 Å². The molecule has 0 spiro atoms. The molecule has 3 N–H and O–H groups in total. The summed E-state index contributed by atoms with van der Waals surface area (Å²) in [6.07, 6.45) is 2.17. The molecule has 0 aliphatic carbocycles. The van der Waals surface area contributed by atoms with Gasteiger partial charge in [0.2, 0.25) is 0 Å². The van der Waals surface area contributed by atoms with E-state index in [1.54, 1.807) is 0 Å². The number of hydrogen-bond donors (Lipinski definition) is 3. The Morgan fingerprint density at radius 3 is 1.87 bits per heavy atom. The van der Waals surface area contributed by atoms with E-state index in [4.69, 9.17) is 29.3 Å². The Kier molecular flexibility index (Phi) is 11.0. The van der Waals surface area contributed by atoms with E-state index in [2.05, 4.69) is 38.2 Å². The quantitative estimate of drug-likeness (QED) is 0.419.